The van der Waals surface area contributed by atoms with Crippen molar-refractivity contribution in [1.29, 1.82) is 0 Å². The molecule has 2 heteroatoms. The third-order valence-corrected chi connectivity index (χ3v) is 6.48. The Morgan fingerprint density at radius 1 is 1.10 bits per heavy atom. The van der Waals surface area contributed by atoms with Crippen LogP contribution in [0, 0.1) is 5.92 Å². The molecule has 1 aliphatic heterocycles. The van der Waals surface area contributed by atoms with Crippen LogP contribution in [-0.4, -0.2) is 29.6 Å². The lowest BCUT2D eigenvalue weighted by atomic mass is 9.74. The van der Waals surface area contributed by atoms with Gasteiger partial charge in [0.25, 0.3) is 0 Å². The summed E-state index contributed by atoms with van der Waals surface area (Å²) in [5, 5.41) is 0. The number of hydrogen-bond acceptors (Lipinski definition) is 2. The van der Waals surface area contributed by atoms with Gasteiger partial charge in [0, 0.05) is 18.1 Å². The fourth-order valence-corrected chi connectivity index (χ4v) is 5.36. The minimum Gasteiger partial charge on any atom is -0.329 e. The first-order valence-corrected chi connectivity index (χ1v) is 8.86. The molecule has 2 fully saturated rings. The fourth-order valence-electron chi connectivity index (χ4n) is 5.36. The molecule has 21 heavy (non-hydrogen) atoms. The Morgan fingerprint density at radius 2 is 1.90 bits per heavy atom. The molecule has 2 nitrogen and oxygen atoms in total. The predicted octanol–water partition coefficient (Wildman–Crippen LogP) is 3.14. The Hall–Kier alpha value is -0.860. The first kappa shape index (κ1) is 13.8. The van der Waals surface area contributed by atoms with Crippen LogP contribution in [-0.2, 0) is 12.8 Å². The summed E-state index contributed by atoms with van der Waals surface area (Å²) in [5.74, 6) is 0.958. The first-order chi connectivity index (χ1) is 10.3. The number of nitrogens with zero attached hydrogens (tertiary/aromatic N) is 1. The minimum atomic E-state index is 0.238. The Bertz CT molecular complexity index is 512. The van der Waals surface area contributed by atoms with E-state index in [-0.39, 0.29) is 5.54 Å². The maximum Gasteiger partial charge on any atom is 0.0378 e. The Balaban J connectivity index is 1.65. The number of aryl methyl sites for hydroxylation is 1. The van der Waals surface area contributed by atoms with Gasteiger partial charge in [-0.1, -0.05) is 30.7 Å². The monoisotopic (exact) mass is 284 g/mol. The highest BCUT2D eigenvalue weighted by atomic mass is 15.2. The van der Waals surface area contributed by atoms with Crippen molar-refractivity contribution in [2.45, 2.75) is 62.9 Å². The van der Waals surface area contributed by atoms with E-state index < -0.39 is 0 Å². The summed E-state index contributed by atoms with van der Waals surface area (Å²) in [5.41, 5.74) is 9.71. The molecule has 1 saturated heterocycles. The summed E-state index contributed by atoms with van der Waals surface area (Å²) < 4.78 is 0. The van der Waals surface area contributed by atoms with Gasteiger partial charge >= 0.3 is 0 Å². The molecule has 2 N–H and O–H groups in total. The van der Waals surface area contributed by atoms with E-state index in [9.17, 15) is 0 Å². The van der Waals surface area contributed by atoms with Gasteiger partial charge in [0.2, 0.25) is 0 Å². The van der Waals surface area contributed by atoms with E-state index in [4.69, 9.17) is 5.73 Å². The Labute approximate surface area is 128 Å². The SMILES string of the molecule is NCC1(N2CCCC3CCCC32)CCc2ccccc2C1. The molecule has 0 amide bonds. The van der Waals surface area contributed by atoms with Crippen LogP contribution in [0.4, 0.5) is 0 Å². The summed E-state index contributed by atoms with van der Waals surface area (Å²) in [7, 11) is 0. The predicted molar refractivity (Wildman–Crippen MR) is 87.3 cm³/mol. The van der Waals surface area contributed by atoms with Gasteiger partial charge in [0.1, 0.15) is 0 Å². The van der Waals surface area contributed by atoms with Crippen LogP contribution in [0.1, 0.15) is 49.7 Å². The van der Waals surface area contributed by atoms with Crippen molar-refractivity contribution >= 4 is 0 Å². The molecule has 3 unspecified atom stereocenters. The van der Waals surface area contributed by atoms with Gasteiger partial charge in [-0.2, -0.15) is 0 Å². The molecule has 1 saturated carbocycles. The third-order valence-electron chi connectivity index (χ3n) is 6.48. The first-order valence-electron chi connectivity index (χ1n) is 8.86. The van der Waals surface area contributed by atoms with E-state index >= 15 is 0 Å². The van der Waals surface area contributed by atoms with E-state index in [1.165, 1.54) is 57.9 Å². The number of piperidine rings is 1. The molecular formula is C19H28N2. The van der Waals surface area contributed by atoms with Crippen molar-refractivity contribution in [2.75, 3.05) is 13.1 Å². The lowest BCUT2D eigenvalue weighted by molar-refractivity contribution is -0.00503. The van der Waals surface area contributed by atoms with Crippen molar-refractivity contribution in [3.63, 3.8) is 0 Å². The van der Waals surface area contributed by atoms with E-state index in [2.05, 4.69) is 29.2 Å². The van der Waals surface area contributed by atoms with Crippen LogP contribution in [0.25, 0.3) is 0 Å². The fraction of sp³-hybridized carbons (Fsp3) is 0.684. The molecule has 4 rings (SSSR count). The molecule has 1 heterocycles. The summed E-state index contributed by atoms with van der Waals surface area (Å²) >= 11 is 0. The standard InChI is InChI=1S/C19H28N2/c20-14-19(11-10-15-5-1-2-6-17(15)13-19)21-12-4-8-16-7-3-9-18(16)21/h1-2,5-6,16,18H,3-4,7-14,20H2. The van der Waals surface area contributed by atoms with Gasteiger partial charge in [0.15, 0.2) is 0 Å². The van der Waals surface area contributed by atoms with E-state index in [0.717, 1.165) is 18.5 Å². The molecule has 0 aromatic heterocycles. The van der Waals surface area contributed by atoms with Gasteiger partial charge in [-0.05, 0) is 68.5 Å². The van der Waals surface area contributed by atoms with Crippen LogP contribution >= 0.6 is 0 Å². The molecule has 0 bridgehead atoms. The van der Waals surface area contributed by atoms with Crippen LogP contribution in [0.3, 0.4) is 0 Å². The van der Waals surface area contributed by atoms with Gasteiger partial charge in [-0.15, -0.1) is 0 Å². The highest BCUT2D eigenvalue weighted by Gasteiger charge is 2.46. The second kappa shape index (κ2) is 5.40. The number of likely N-dealkylation sites (tertiary alicyclic amines) is 1. The quantitative estimate of drug-likeness (QED) is 0.904. The number of fused-ring (bicyclic) bond motifs is 2. The molecule has 2 aliphatic carbocycles. The average molecular weight is 284 g/mol. The van der Waals surface area contributed by atoms with Gasteiger partial charge < -0.3 is 5.73 Å². The average Bonchev–Trinajstić information content (AvgIpc) is 3.03. The summed E-state index contributed by atoms with van der Waals surface area (Å²) in [4.78, 5) is 2.87. The van der Waals surface area contributed by atoms with Gasteiger partial charge in [-0.3, -0.25) is 4.90 Å². The largest absolute Gasteiger partial charge is 0.329 e. The normalized spacial score (nSPS) is 36.2. The minimum absolute atomic E-state index is 0.238. The number of hydrogen-bond donors (Lipinski definition) is 1. The second-order valence-electron chi connectivity index (χ2n) is 7.47. The van der Waals surface area contributed by atoms with Crippen molar-refractivity contribution in [3.05, 3.63) is 35.4 Å². The van der Waals surface area contributed by atoms with E-state index in [0.29, 0.717) is 0 Å². The molecule has 0 radical (unpaired) electrons. The second-order valence-corrected chi connectivity index (χ2v) is 7.47. The molecule has 1 aromatic rings. The van der Waals surface area contributed by atoms with Crippen LogP contribution in [0.2, 0.25) is 0 Å². The topological polar surface area (TPSA) is 29.3 Å². The zero-order valence-corrected chi connectivity index (χ0v) is 13.1. The molecule has 114 valence electrons. The molecule has 0 spiro atoms. The lowest BCUT2D eigenvalue weighted by Crippen LogP contribution is -2.62. The number of nitrogens with two attached hydrogens (primary N) is 1. The number of rotatable bonds is 2. The van der Waals surface area contributed by atoms with Gasteiger partial charge in [-0.25, -0.2) is 0 Å². The van der Waals surface area contributed by atoms with Gasteiger partial charge in [0.05, 0.1) is 0 Å². The lowest BCUT2D eigenvalue weighted by Gasteiger charge is -2.52. The smallest absolute Gasteiger partial charge is 0.0378 e. The zero-order chi connectivity index (χ0) is 14.3. The van der Waals surface area contributed by atoms with E-state index in [1.54, 1.807) is 11.1 Å². The highest BCUT2D eigenvalue weighted by Crippen LogP contribution is 2.43. The van der Waals surface area contributed by atoms with Crippen LogP contribution in [0.5, 0.6) is 0 Å². The van der Waals surface area contributed by atoms with Crippen molar-refractivity contribution < 1.29 is 0 Å². The summed E-state index contributed by atoms with van der Waals surface area (Å²) in [6, 6.07) is 9.84. The van der Waals surface area contributed by atoms with Crippen molar-refractivity contribution in [2.24, 2.45) is 11.7 Å². The van der Waals surface area contributed by atoms with Crippen molar-refractivity contribution in [1.82, 2.24) is 4.90 Å². The summed E-state index contributed by atoms with van der Waals surface area (Å²) in [6.45, 7) is 2.10. The maximum atomic E-state index is 6.37. The van der Waals surface area contributed by atoms with Crippen LogP contribution < -0.4 is 5.73 Å². The van der Waals surface area contributed by atoms with Crippen LogP contribution in [0.15, 0.2) is 24.3 Å². The maximum absolute atomic E-state index is 6.37. The number of benzene rings is 1. The zero-order valence-electron chi connectivity index (χ0n) is 13.1. The third kappa shape index (κ3) is 2.24. The highest BCUT2D eigenvalue weighted by molar-refractivity contribution is 5.32. The summed E-state index contributed by atoms with van der Waals surface area (Å²) in [6.07, 6.45) is 10.8. The van der Waals surface area contributed by atoms with Crippen molar-refractivity contribution in [3.8, 4) is 0 Å². The molecule has 3 aliphatic rings. The molecule has 3 atom stereocenters. The Morgan fingerprint density at radius 3 is 2.76 bits per heavy atom. The molecular weight excluding hydrogens is 256 g/mol. The Kier molecular flexibility index (Phi) is 3.55. The van der Waals surface area contributed by atoms with E-state index in [1.807, 2.05) is 0 Å². The molecule has 1 aromatic carbocycles.